The minimum atomic E-state index is -0.478. The van der Waals surface area contributed by atoms with Gasteiger partial charge in [-0.3, -0.25) is 20.4 Å². The minimum Gasteiger partial charge on any atom is -0.483 e. The third-order valence-corrected chi connectivity index (χ3v) is 5.84. The number of benzene rings is 2. The van der Waals surface area contributed by atoms with Crippen molar-refractivity contribution < 1.29 is 19.1 Å². The molecule has 1 unspecified atom stereocenters. The van der Waals surface area contributed by atoms with E-state index in [9.17, 15) is 9.59 Å². The molecular weight excluding hydrogens is 516 g/mol. The Hall–Kier alpha value is -2.06. The molecular formula is C22H26Br2N2O4. The Morgan fingerprint density at radius 3 is 1.90 bits per heavy atom. The summed E-state index contributed by atoms with van der Waals surface area (Å²) in [6.45, 7) is 5.89. The summed E-state index contributed by atoms with van der Waals surface area (Å²) in [6.07, 6.45) is 1.95. The molecule has 0 bridgehead atoms. The number of halogens is 2. The van der Waals surface area contributed by atoms with Crippen LogP contribution in [-0.4, -0.2) is 25.0 Å². The molecule has 0 aliphatic heterocycles. The summed E-state index contributed by atoms with van der Waals surface area (Å²) in [5.74, 6) is 0.611. The quantitative estimate of drug-likeness (QED) is 0.443. The summed E-state index contributed by atoms with van der Waals surface area (Å²) in [7, 11) is 0. The van der Waals surface area contributed by atoms with Crippen LogP contribution < -0.4 is 20.3 Å². The second-order valence-corrected chi connectivity index (χ2v) is 8.50. The van der Waals surface area contributed by atoms with Gasteiger partial charge in [0, 0.05) is 0 Å². The maximum atomic E-state index is 11.9. The van der Waals surface area contributed by atoms with Crippen LogP contribution in [0.1, 0.15) is 44.2 Å². The third-order valence-electron chi connectivity index (χ3n) is 4.60. The van der Waals surface area contributed by atoms with E-state index in [1.807, 2.05) is 30.3 Å². The number of carbonyl (C=O) groups excluding carboxylic acids is 2. The number of ether oxygens (including phenoxy) is 2. The van der Waals surface area contributed by atoms with E-state index in [0.29, 0.717) is 17.4 Å². The fraction of sp³-hybridized carbons (Fsp3) is 0.364. The molecule has 0 heterocycles. The van der Waals surface area contributed by atoms with Gasteiger partial charge in [-0.2, -0.15) is 0 Å². The molecule has 0 aromatic heterocycles. The van der Waals surface area contributed by atoms with E-state index < -0.39 is 11.8 Å². The molecule has 0 spiro atoms. The molecule has 2 rings (SSSR count). The topological polar surface area (TPSA) is 76.7 Å². The van der Waals surface area contributed by atoms with Crippen LogP contribution in [0.15, 0.2) is 45.3 Å². The van der Waals surface area contributed by atoms with E-state index >= 15 is 0 Å². The van der Waals surface area contributed by atoms with Crippen LogP contribution in [0, 0.1) is 0 Å². The van der Waals surface area contributed by atoms with Crippen molar-refractivity contribution in [2.45, 2.75) is 39.5 Å². The van der Waals surface area contributed by atoms with E-state index in [-0.39, 0.29) is 13.2 Å². The van der Waals surface area contributed by atoms with E-state index in [1.165, 1.54) is 5.56 Å². The Kier molecular flexibility index (Phi) is 9.65. The molecule has 0 radical (unpaired) electrons. The van der Waals surface area contributed by atoms with Gasteiger partial charge >= 0.3 is 0 Å². The standard InChI is InChI=1S/C22H26Br2N2O4/c1-4-14(3)16-7-9-20(18(24)11-16)30-13-22(28)26-25-21(27)12-29-19-8-6-15(5-2)10-17(19)23/h6-11,14H,4-5,12-13H2,1-3H3,(H,25,27)(H,26,28). The molecule has 2 aromatic rings. The van der Waals surface area contributed by atoms with Crippen molar-refractivity contribution in [3.8, 4) is 11.5 Å². The van der Waals surface area contributed by atoms with Gasteiger partial charge in [0.2, 0.25) is 0 Å². The molecule has 6 nitrogen and oxygen atoms in total. The molecule has 30 heavy (non-hydrogen) atoms. The molecule has 2 aromatic carbocycles. The Bertz CT molecular complexity index is 889. The normalized spacial score (nSPS) is 11.5. The zero-order chi connectivity index (χ0) is 22.1. The highest BCUT2D eigenvalue weighted by atomic mass is 79.9. The molecule has 2 amide bonds. The minimum absolute atomic E-state index is 0.228. The highest BCUT2D eigenvalue weighted by Crippen LogP contribution is 2.30. The fourth-order valence-electron chi connectivity index (χ4n) is 2.56. The van der Waals surface area contributed by atoms with Gasteiger partial charge in [-0.15, -0.1) is 0 Å². The fourth-order valence-corrected chi connectivity index (χ4v) is 3.61. The number of amides is 2. The summed E-state index contributed by atoms with van der Waals surface area (Å²) >= 11 is 6.89. The first-order chi connectivity index (χ1) is 14.3. The Balaban J connectivity index is 1.74. The van der Waals surface area contributed by atoms with Crippen molar-refractivity contribution in [2.24, 2.45) is 0 Å². The largest absolute Gasteiger partial charge is 0.483 e. The molecule has 0 saturated heterocycles. The van der Waals surface area contributed by atoms with Gasteiger partial charge in [-0.1, -0.05) is 32.9 Å². The van der Waals surface area contributed by atoms with Gasteiger partial charge in [0.15, 0.2) is 13.2 Å². The van der Waals surface area contributed by atoms with Gasteiger partial charge in [0.05, 0.1) is 8.95 Å². The van der Waals surface area contributed by atoms with Crippen molar-refractivity contribution in [1.82, 2.24) is 10.9 Å². The highest BCUT2D eigenvalue weighted by Gasteiger charge is 2.11. The van der Waals surface area contributed by atoms with Crippen molar-refractivity contribution in [2.75, 3.05) is 13.2 Å². The van der Waals surface area contributed by atoms with Crippen LogP contribution in [0.5, 0.6) is 11.5 Å². The zero-order valence-corrected chi connectivity index (χ0v) is 20.4. The van der Waals surface area contributed by atoms with Crippen LogP contribution in [-0.2, 0) is 16.0 Å². The van der Waals surface area contributed by atoms with Crippen molar-refractivity contribution in [3.05, 3.63) is 56.5 Å². The number of nitrogens with one attached hydrogen (secondary N) is 2. The highest BCUT2D eigenvalue weighted by molar-refractivity contribution is 9.10. The van der Waals surface area contributed by atoms with Crippen LogP contribution in [0.4, 0.5) is 0 Å². The first kappa shape index (κ1) is 24.2. The van der Waals surface area contributed by atoms with Crippen molar-refractivity contribution in [1.29, 1.82) is 0 Å². The molecule has 2 N–H and O–H groups in total. The van der Waals surface area contributed by atoms with E-state index in [4.69, 9.17) is 9.47 Å². The average molecular weight is 542 g/mol. The third kappa shape index (κ3) is 7.32. The number of rotatable bonds is 9. The molecule has 8 heteroatoms. The van der Waals surface area contributed by atoms with Gasteiger partial charge in [0.25, 0.3) is 11.8 Å². The summed E-state index contributed by atoms with van der Waals surface area (Å²) < 4.78 is 12.5. The second kappa shape index (κ2) is 12.0. The van der Waals surface area contributed by atoms with Gasteiger partial charge in [-0.05, 0) is 86.0 Å². The summed E-state index contributed by atoms with van der Waals surface area (Å²) in [6, 6.07) is 11.5. The molecule has 1 atom stereocenters. The Morgan fingerprint density at radius 1 is 0.900 bits per heavy atom. The van der Waals surface area contributed by atoms with E-state index in [1.54, 1.807) is 6.07 Å². The van der Waals surface area contributed by atoms with Crippen LogP contribution in [0.3, 0.4) is 0 Å². The predicted octanol–water partition coefficient (Wildman–Crippen LogP) is 4.89. The van der Waals surface area contributed by atoms with Gasteiger partial charge in [0.1, 0.15) is 11.5 Å². The Labute approximate surface area is 193 Å². The van der Waals surface area contributed by atoms with Crippen LogP contribution >= 0.6 is 31.9 Å². The maximum absolute atomic E-state index is 11.9. The Morgan fingerprint density at radius 2 is 1.43 bits per heavy atom. The monoisotopic (exact) mass is 540 g/mol. The lowest BCUT2D eigenvalue weighted by Gasteiger charge is -2.13. The number of carbonyl (C=O) groups is 2. The van der Waals surface area contributed by atoms with Gasteiger partial charge < -0.3 is 9.47 Å². The molecule has 162 valence electrons. The summed E-state index contributed by atoms with van der Waals surface area (Å²) in [4.78, 5) is 23.8. The first-order valence-electron chi connectivity index (χ1n) is 9.75. The van der Waals surface area contributed by atoms with Crippen LogP contribution in [0.25, 0.3) is 0 Å². The smallest absolute Gasteiger partial charge is 0.276 e. The SMILES string of the molecule is CCc1ccc(OCC(=O)NNC(=O)COc2ccc(C(C)CC)cc2Br)c(Br)c1. The molecule has 0 saturated carbocycles. The number of hydrazine groups is 1. The second-order valence-electron chi connectivity index (χ2n) is 6.79. The lowest BCUT2D eigenvalue weighted by molar-refractivity contribution is -0.131. The molecule has 0 aliphatic carbocycles. The lowest BCUT2D eigenvalue weighted by atomic mass is 9.99. The van der Waals surface area contributed by atoms with E-state index in [0.717, 1.165) is 27.4 Å². The first-order valence-corrected chi connectivity index (χ1v) is 11.3. The summed E-state index contributed by atoms with van der Waals surface area (Å²) in [5, 5.41) is 0. The maximum Gasteiger partial charge on any atom is 0.276 e. The number of hydrogen-bond donors (Lipinski definition) is 2. The van der Waals surface area contributed by atoms with Crippen LogP contribution in [0.2, 0.25) is 0 Å². The average Bonchev–Trinajstić information content (AvgIpc) is 2.75. The molecule has 0 fully saturated rings. The van der Waals surface area contributed by atoms with Gasteiger partial charge in [-0.25, -0.2) is 0 Å². The summed E-state index contributed by atoms with van der Waals surface area (Å²) in [5.41, 5.74) is 6.97. The van der Waals surface area contributed by atoms with Crippen molar-refractivity contribution >= 4 is 43.7 Å². The van der Waals surface area contributed by atoms with E-state index in [2.05, 4.69) is 63.5 Å². The predicted molar refractivity (Wildman–Crippen MR) is 124 cm³/mol. The lowest BCUT2D eigenvalue weighted by Crippen LogP contribution is -2.45. The zero-order valence-electron chi connectivity index (χ0n) is 17.3. The van der Waals surface area contributed by atoms with Crippen molar-refractivity contribution in [3.63, 3.8) is 0 Å². The number of hydrogen-bond acceptors (Lipinski definition) is 4. The molecule has 0 aliphatic rings. The number of aryl methyl sites for hydroxylation is 1.